The molecule has 2 aromatic rings. The lowest BCUT2D eigenvalue weighted by Crippen LogP contribution is -2.54. The van der Waals surface area contributed by atoms with Gasteiger partial charge in [-0.1, -0.05) is 18.2 Å². The number of benzene rings is 2. The molecule has 0 aliphatic rings. The van der Waals surface area contributed by atoms with Crippen LogP contribution in [-0.4, -0.2) is 44.6 Å². The van der Waals surface area contributed by atoms with Crippen LogP contribution in [0, 0.1) is 0 Å². The number of aliphatic hydroxyl groups is 1. The summed E-state index contributed by atoms with van der Waals surface area (Å²) in [5.41, 5.74) is 1.18. The number of aliphatic hydroxyl groups excluding tert-OH is 1. The van der Waals surface area contributed by atoms with Gasteiger partial charge in [-0.3, -0.25) is 4.48 Å². The monoisotopic (exact) mass is 330 g/mol. The molecule has 2 rings (SSSR count). The number of rotatable bonds is 9. The van der Waals surface area contributed by atoms with E-state index in [1.807, 2.05) is 42.5 Å². The van der Waals surface area contributed by atoms with Crippen molar-refractivity contribution < 1.29 is 14.6 Å². The van der Waals surface area contributed by atoms with Crippen LogP contribution in [0.4, 0.5) is 5.69 Å². The zero-order valence-electron chi connectivity index (χ0n) is 14.8. The number of quaternary nitrogens is 1. The Labute approximate surface area is 144 Å². The van der Waals surface area contributed by atoms with E-state index in [0.717, 1.165) is 24.6 Å². The first kappa shape index (κ1) is 18.3. The van der Waals surface area contributed by atoms with Gasteiger partial charge in [0.05, 0.1) is 20.2 Å². The topological polar surface area (TPSA) is 38.7 Å². The first-order valence-corrected chi connectivity index (χ1v) is 8.50. The first-order valence-electron chi connectivity index (χ1n) is 8.50. The van der Waals surface area contributed by atoms with E-state index in [4.69, 9.17) is 9.47 Å². The van der Waals surface area contributed by atoms with Crippen molar-refractivity contribution >= 4 is 5.69 Å². The zero-order chi connectivity index (χ0) is 17.4. The highest BCUT2D eigenvalue weighted by Gasteiger charge is 2.30. The van der Waals surface area contributed by atoms with E-state index >= 15 is 0 Å². The highest BCUT2D eigenvalue weighted by atomic mass is 16.5. The number of nitrogens with zero attached hydrogens (tertiary/aromatic N) is 1. The van der Waals surface area contributed by atoms with Crippen molar-refractivity contribution in [3.05, 3.63) is 54.6 Å². The Balaban J connectivity index is 2.05. The molecule has 0 radical (unpaired) electrons. The molecule has 0 aliphatic heterocycles. The summed E-state index contributed by atoms with van der Waals surface area (Å²) in [5, 5.41) is 10.5. The fourth-order valence-electron chi connectivity index (χ4n) is 3.02. The average Bonchev–Trinajstić information content (AvgIpc) is 2.65. The summed E-state index contributed by atoms with van der Waals surface area (Å²) in [6.07, 6.45) is -0.535. The van der Waals surface area contributed by atoms with Crippen molar-refractivity contribution in [3.8, 4) is 11.5 Å². The lowest BCUT2D eigenvalue weighted by Gasteiger charge is -2.37. The van der Waals surface area contributed by atoms with E-state index in [1.54, 1.807) is 7.11 Å². The van der Waals surface area contributed by atoms with E-state index in [9.17, 15) is 5.11 Å². The van der Waals surface area contributed by atoms with Crippen LogP contribution in [0.25, 0.3) is 0 Å². The van der Waals surface area contributed by atoms with Crippen LogP contribution in [0.2, 0.25) is 0 Å². The minimum absolute atomic E-state index is 0.292. The van der Waals surface area contributed by atoms with Crippen LogP contribution in [0.1, 0.15) is 13.8 Å². The van der Waals surface area contributed by atoms with Gasteiger partial charge < -0.3 is 14.6 Å². The molecule has 0 bridgehead atoms. The van der Waals surface area contributed by atoms with Gasteiger partial charge in [0.15, 0.2) is 0 Å². The molecule has 0 amide bonds. The summed E-state index contributed by atoms with van der Waals surface area (Å²) in [5.74, 6) is 1.63. The van der Waals surface area contributed by atoms with E-state index in [-0.39, 0.29) is 0 Å². The Morgan fingerprint density at radius 1 is 0.917 bits per heavy atom. The lowest BCUT2D eigenvalue weighted by molar-refractivity contribution is 0.0731. The smallest absolute Gasteiger partial charge is 0.137 e. The highest BCUT2D eigenvalue weighted by Crippen LogP contribution is 2.26. The Kier molecular flexibility index (Phi) is 6.64. The van der Waals surface area contributed by atoms with Crippen LogP contribution >= 0.6 is 0 Å². The van der Waals surface area contributed by atoms with Crippen LogP contribution in [0.15, 0.2) is 54.6 Å². The van der Waals surface area contributed by atoms with Crippen molar-refractivity contribution in [2.24, 2.45) is 0 Å². The van der Waals surface area contributed by atoms with Crippen molar-refractivity contribution in [1.82, 2.24) is 4.48 Å². The van der Waals surface area contributed by atoms with Gasteiger partial charge in [-0.15, -0.1) is 0 Å². The molecule has 1 atom stereocenters. The normalized spacial score (nSPS) is 12.7. The molecule has 0 aliphatic carbocycles. The second kappa shape index (κ2) is 8.71. The van der Waals surface area contributed by atoms with Crippen LogP contribution in [-0.2, 0) is 0 Å². The second-order valence-corrected chi connectivity index (χ2v) is 5.94. The Hall–Kier alpha value is -2.04. The second-order valence-electron chi connectivity index (χ2n) is 5.94. The quantitative estimate of drug-likeness (QED) is 0.716. The summed E-state index contributed by atoms with van der Waals surface area (Å²) >= 11 is 0. The highest BCUT2D eigenvalue weighted by molar-refractivity contribution is 5.46. The Bertz CT molecular complexity index is 594. The van der Waals surface area contributed by atoms with Gasteiger partial charge in [0, 0.05) is 12.1 Å². The predicted octanol–water partition coefficient (Wildman–Crippen LogP) is 3.48. The molecule has 1 unspecified atom stereocenters. The maximum absolute atomic E-state index is 10.5. The van der Waals surface area contributed by atoms with E-state index < -0.39 is 6.10 Å². The van der Waals surface area contributed by atoms with Gasteiger partial charge in [0.1, 0.15) is 36.4 Å². The standard InChI is InChI=1S/C20H28NO3/c1-4-21(5-2,17-11-13-19(23-3)14-12-17)15-18(22)16-24-20-9-7-6-8-10-20/h6-14,18,22H,4-5,15-16H2,1-3H3/q+1. The largest absolute Gasteiger partial charge is 0.497 e. The Morgan fingerprint density at radius 2 is 1.54 bits per heavy atom. The molecular weight excluding hydrogens is 302 g/mol. The molecule has 1 N–H and O–H groups in total. The Morgan fingerprint density at radius 3 is 2.08 bits per heavy atom. The predicted molar refractivity (Wildman–Crippen MR) is 98.7 cm³/mol. The number of hydrogen-bond acceptors (Lipinski definition) is 3. The van der Waals surface area contributed by atoms with Gasteiger partial charge >= 0.3 is 0 Å². The van der Waals surface area contributed by atoms with Gasteiger partial charge in [-0.05, 0) is 38.1 Å². The molecule has 0 saturated carbocycles. The minimum atomic E-state index is -0.535. The molecule has 0 aromatic heterocycles. The van der Waals surface area contributed by atoms with Crippen LogP contribution < -0.4 is 14.0 Å². The number of methoxy groups -OCH3 is 1. The molecule has 2 aromatic carbocycles. The molecule has 0 spiro atoms. The zero-order valence-corrected chi connectivity index (χ0v) is 14.8. The average molecular weight is 330 g/mol. The van der Waals surface area contributed by atoms with Crippen molar-refractivity contribution in [1.29, 1.82) is 0 Å². The summed E-state index contributed by atoms with van der Waals surface area (Å²) in [7, 11) is 1.67. The third kappa shape index (κ3) is 4.49. The molecule has 4 heteroatoms. The third-order valence-corrected chi connectivity index (χ3v) is 4.58. The summed E-state index contributed by atoms with van der Waals surface area (Å²) in [4.78, 5) is 0. The molecule has 0 heterocycles. The maximum atomic E-state index is 10.5. The number of likely N-dealkylation sites (N-methyl/N-ethyl adjacent to an activating group) is 1. The van der Waals surface area contributed by atoms with Gasteiger partial charge in [0.2, 0.25) is 0 Å². The molecule has 0 fully saturated rings. The third-order valence-electron chi connectivity index (χ3n) is 4.58. The van der Waals surface area contributed by atoms with Crippen molar-refractivity contribution in [2.75, 3.05) is 33.4 Å². The van der Waals surface area contributed by atoms with Crippen molar-refractivity contribution in [3.63, 3.8) is 0 Å². The maximum Gasteiger partial charge on any atom is 0.137 e. The molecule has 0 saturated heterocycles. The molecule has 4 nitrogen and oxygen atoms in total. The van der Waals surface area contributed by atoms with Crippen molar-refractivity contribution in [2.45, 2.75) is 20.0 Å². The molecular formula is C20H28NO3+. The van der Waals surface area contributed by atoms with E-state index in [0.29, 0.717) is 17.6 Å². The number of ether oxygens (including phenoxy) is 2. The molecule has 130 valence electrons. The van der Waals surface area contributed by atoms with Crippen LogP contribution in [0.3, 0.4) is 0 Å². The number of para-hydroxylation sites is 1. The van der Waals surface area contributed by atoms with E-state index in [1.165, 1.54) is 5.69 Å². The summed E-state index contributed by atoms with van der Waals surface area (Å²) in [6.45, 7) is 7.03. The molecule has 24 heavy (non-hydrogen) atoms. The fraction of sp³-hybridized carbons (Fsp3) is 0.400. The number of hydrogen-bond donors (Lipinski definition) is 1. The van der Waals surface area contributed by atoms with E-state index in [2.05, 4.69) is 26.0 Å². The first-order chi connectivity index (χ1) is 11.6. The lowest BCUT2D eigenvalue weighted by atomic mass is 10.2. The van der Waals surface area contributed by atoms with Gasteiger partial charge in [0.25, 0.3) is 0 Å². The summed E-state index contributed by atoms with van der Waals surface area (Å²) in [6, 6.07) is 17.7. The van der Waals surface area contributed by atoms with Crippen LogP contribution in [0.5, 0.6) is 11.5 Å². The summed E-state index contributed by atoms with van der Waals surface area (Å²) < 4.78 is 11.6. The fourth-order valence-corrected chi connectivity index (χ4v) is 3.02. The SMILES string of the molecule is CC[N+](CC)(CC(O)COc1ccccc1)c1ccc(OC)cc1. The minimum Gasteiger partial charge on any atom is -0.497 e. The van der Waals surface area contributed by atoms with Gasteiger partial charge in [-0.2, -0.15) is 0 Å². The van der Waals surface area contributed by atoms with Gasteiger partial charge in [-0.25, -0.2) is 0 Å².